The van der Waals surface area contributed by atoms with Gasteiger partial charge in [-0.2, -0.15) is 0 Å². The Labute approximate surface area is 322 Å². The largest absolute Gasteiger partial charge is 0.228 e. The summed E-state index contributed by atoms with van der Waals surface area (Å²) in [7, 11) is 0. The maximum atomic E-state index is 5.14. The van der Waals surface area contributed by atoms with Gasteiger partial charge in [-0.25, -0.2) is 24.9 Å². The Morgan fingerprint density at radius 3 is 1.51 bits per heavy atom. The summed E-state index contributed by atoms with van der Waals surface area (Å²) in [5.41, 5.74) is 10.3. The molecule has 1 aliphatic rings. The predicted molar refractivity (Wildman–Crippen MR) is 225 cm³/mol. The van der Waals surface area contributed by atoms with Gasteiger partial charge >= 0.3 is 0 Å². The van der Waals surface area contributed by atoms with Gasteiger partial charge < -0.3 is 0 Å². The number of hydrogen-bond donors (Lipinski definition) is 0. The van der Waals surface area contributed by atoms with Crippen LogP contribution in [-0.2, 0) is 0 Å². The predicted octanol–water partition coefficient (Wildman–Crippen LogP) is 10.7. The zero-order chi connectivity index (χ0) is 36.6. The molecule has 0 saturated carbocycles. The van der Waals surface area contributed by atoms with E-state index in [1.165, 1.54) is 25.4 Å². The number of fused-ring (bicyclic) bond motifs is 3. The smallest absolute Gasteiger partial charge is 0.164 e. The van der Waals surface area contributed by atoms with E-state index in [9.17, 15) is 0 Å². The molecule has 10 rings (SSSR count). The first-order chi connectivity index (χ1) is 27.2. The van der Waals surface area contributed by atoms with E-state index in [0.29, 0.717) is 17.5 Å². The minimum absolute atomic E-state index is 0.681. The van der Waals surface area contributed by atoms with Gasteiger partial charge in [-0.05, 0) is 36.1 Å². The molecule has 0 radical (unpaired) electrons. The third-order valence-corrected chi connectivity index (χ3v) is 11.3. The Morgan fingerprint density at radius 2 is 0.891 bits per heavy atom. The number of thiophene rings is 1. The van der Waals surface area contributed by atoms with Crippen LogP contribution in [0.3, 0.4) is 0 Å². The topological polar surface area (TPSA) is 64.5 Å². The average molecular weight is 724 g/mol. The van der Waals surface area contributed by atoms with E-state index in [4.69, 9.17) is 24.9 Å². The van der Waals surface area contributed by atoms with Gasteiger partial charge in [-0.15, -0.1) is 11.3 Å². The fourth-order valence-electron chi connectivity index (χ4n) is 7.37. The van der Waals surface area contributed by atoms with Crippen molar-refractivity contribution >= 4 is 33.1 Å². The van der Waals surface area contributed by atoms with Gasteiger partial charge in [0.05, 0.1) is 11.4 Å². The zero-order valence-electron chi connectivity index (χ0n) is 29.8. The van der Waals surface area contributed by atoms with Crippen molar-refractivity contribution in [1.82, 2.24) is 24.9 Å². The third-order valence-electron chi connectivity index (χ3n) is 10.0. The van der Waals surface area contributed by atoms with Crippen LogP contribution >= 0.6 is 11.3 Å². The van der Waals surface area contributed by atoms with Crippen LogP contribution in [0.4, 0.5) is 0 Å². The minimum atomic E-state index is 0.681. The summed E-state index contributed by atoms with van der Waals surface area (Å²) < 4.78 is 2.51. The van der Waals surface area contributed by atoms with Gasteiger partial charge in [0.15, 0.2) is 23.3 Å². The maximum absolute atomic E-state index is 5.14. The van der Waals surface area contributed by atoms with Gasteiger partial charge in [0.1, 0.15) is 0 Å². The standard InChI is InChI=1S/C49H33N5S/c1-5-16-32(17-6-1)41-31-42(51-46(50-41)33-18-7-2-8-19-33)37-25-13-24-36(30-37)38-26-14-27-39-44-40(28-15-29-43(44)55-45(38)39)49-53-47(34-20-9-3-10-21-34)52-48(54-49)35-22-11-4-12-23-35/h1-14,16-27,29-31H,15,28H2. The van der Waals surface area contributed by atoms with Crippen molar-refractivity contribution in [2.75, 3.05) is 0 Å². The van der Waals surface area contributed by atoms with Crippen LogP contribution in [0, 0.1) is 0 Å². The lowest BCUT2D eigenvalue weighted by Crippen LogP contribution is -2.26. The molecule has 9 aromatic rings. The molecule has 260 valence electrons. The van der Waals surface area contributed by atoms with Crippen molar-refractivity contribution in [2.24, 2.45) is 0 Å². The number of benzene rings is 6. The zero-order valence-corrected chi connectivity index (χ0v) is 30.6. The Bertz CT molecular complexity index is 2850. The van der Waals surface area contributed by atoms with Crippen LogP contribution in [0.1, 0.15) is 18.7 Å². The van der Waals surface area contributed by atoms with Crippen molar-refractivity contribution in [3.63, 3.8) is 0 Å². The van der Waals surface area contributed by atoms with E-state index in [0.717, 1.165) is 69.0 Å². The van der Waals surface area contributed by atoms with Gasteiger partial charge in [0.2, 0.25) is 0 Å². The first-order valence-corrected chi connectivity index (χ1v) is 19.3. The quantitative estimate of drug-likeness (QED) is 0.164. The molecule has 0 amide bonds. The summed E-state index contributed by atoms with van der Waals surface area (Å²) in [5, 5.41) is 2.45. The number of rotatable bonds is 7. The lowest BCUT2D eigenvalue weighted by atomic mass is 9.97. The molecule has 0 fully saturated rings. The second-order valence-corrected chi connectivity index (χ2v) is 14.6. The maximum Gasteiger partial charge on any atom is 0.164 e. The van der Waals surface area contributed by atoms with E-state index in [2.05, 4.69) is 103 Å². The van der Waals surface area contributed by atoms with Crippen LogP contribution in [0.5, 0.6) is 0 Å². The third kappa shape index (κ3) is 6.33. The fourth-order valence-corrected chi connectivity index (χ4v) is 8.71. The van der Waals surface area contributed by atoms with Crippen molar-refractivity contribution in [1.29, 1.82) is 0 Å². The minimum Gasteiger partial charge on any atom is -0.228 e. The van der Waals surface area contributed by atoms with Gasteiger partial charge in [0, 0.05) is 53.2 Å². The summed E-state index contributed by atoms with van der Waals surface area (Å²) in [4.78, 5) is 25.4. The molecule has 6 aromatic carbocycles. The van der Waals surface area contributed by atoms with E-state index in [1.807, 2.05) is 84.1 Å². The van der Waals surface area contributed by atoms with E-state index in [1.54, 1.807) is 0 Å². The highest BCUT2D eigenvalue weighted by Crippen LogP contribution is 2.35. The highest BCUT2D eigenvalue weighted by molar-refractivity contribution is 7.17. The lowest BCUT2D eigenvalue weighted by molar-refractivity contribution is 0.986. The summed E-state index contributed by atoms with van der Waals surface area (Å²) >= 11 is 1.85. The van der Waals surface area contributed by atoms with E-state index < -0.39 is 0 Å². The summed E-state index contributed by atoms with van der Waals surface area (Å²) in [6.45, 7) is 0. The molecule has 3 heterocycles. The number of nitrogens with zero attached hydrogens (tertiary/aromatic N) is 5. The van der Waals surface area contributed by atoms with Crippen molar-refractivity contribution < 1.29 is 0 Å². The average Bonchev–Trinajstić information content (AvgIpc) is 3.67. The number of aromatic nitrogens is 5. The van der Waals surface area contributed by atoms with Crippen molar-refractivity contribution in [3.05, 3.63) is 185 Å². The molecule has 0 spiro atoms. The normalized spacial score (nSPS) is 12.3. The lowest BCUT2D eigenvalue weighted by Gasteiger charge is -2.12. The Hall–Kier alpha value is -6.89. The Kier molecular flexibility index (Phi) is 8.43. The molecule has 0 unspecified atom stereocenters. The Balaban J connectivity index is 1.13. The first kappa shape index (κ1) is 32.7. The van der Waals surface area contributed by atoms with E-state index >= 15 is 0 Å². The summed E-state index contributed by atoms with van der Waals surface area (Å²) in [6, 6.07) is 58.4. The van der Waals surface area contributed by atoms with Crippen molar-refractivity contribution in [2.45, 2.75) is 12.8 Å². The van der Waals surface area contributed by atoms with E-state index in [-0.39, 0.29) is 0 Å². The molecule has 55 heavy (non-hydrogen) atoms. The highest BCUT2D eigenvalue weighted by atomic mass is 32.1. The summed E-state index contributed by atoms with van der Waals surface area (Å²) in [5.74, 6) is 2.81. The fraction of sp³-hybridized carbons (Fsp3) is 0.0408. The molecule has 0 saturated heterocycles. The molecule has 0 N–H and O–H groups in total. The molecule has 1 aliphatic carbocycles. The molecular weight excluding hydrogens is 691 g/mol. The van der Waals surface area contributed by atoms with Gasteiger partial charge in [-0.1, -0.05) is 164 Å². The highest BCUT2D eigenvalue weighted by Gasteiger charge is 2.20. The molecule has 0 bridgehead atoms. The van der Waals surface area contributed by atoms with Crippen LogP contribution in [0.2, 0.25) is 0 Å². The van der Waals surface area contributed by atoms with Crippen molar-refractivity contribution in [3.8, 4) is 67.8 Å². The molecule has 0 aliphatic heterocycles. The monoisotopic (exact) mass is 723 g/mol. The second-order valence-electron chi connectivity index (χ2n) is 13.6. The van der Waals surface area contributed by atoms with Gasteiger partial charge in [-0.3, -0.25) is 0 Å². The molecular formula is C49H33N5S. The first-order valence-electron chi connectivity index (χ1n) is 18.5. The molecule has 3 aromatic heterocycles. The molecule has 5 nitrogen and oxygen atoms in total. The second kappa shape index (κ2) is 14.2. The molecule has 0 atom stereocenters. The number of hydrogen-bond acceptors (Lipinski definition) is 6. The molecule has 6 heteroatoms. The van der Waals surface area contributed by atoms with Crippen LogP contribution in [-0.4, -0.2) is 24.9 Å². The van der Waals surface area contributed by atoms with Crippen LogP contribution < -0.4 is 9.75 Å². The van der Waals surface area contributed by atoms with Crippen LogP contribution in [0.15, 0.2) is 170 Å². The van der Waals surface area contributed by atoms with Crippen LogP contribution in [0.25, 0.3) is 89.5 Å². The Morgan fingerprint density at radius 1 is 0.400 bits per heavy atom. The summed E-state index contributed by atoms with van der Waals surface area (Å²) in [6.07, 6.45) is 4.15. The SMILES string of the molecule is C1=c2sc3c(-c4cccc(-c5cc(-c6ccccc6)nc(-c6ccccc6)n5)c4)cccc3c2=C(c2nc(-c3ccccc3)nc(-c3ccccc3)n2)CC1. The van der Waals surface area contributed by atoms with Gasteiger partial charge in [0.25, 0.3) is 0 Å².